The van der Waals surface area contributed by atoms with E-state index in [0.29, 0.717) is 11.6 Å². The van der Waals surface area contributed by atoms with Gasteiger partial charge in [0.05, 0.1) is 19.2 Å². The van der Waals surface area contributed by atoms with Crippen molar-refractivity contribution in [2.75, 3.05) is 27.9 Å². The van der Waals surface area contributed by atoms with E-state index in [1.807, 2.05) is 0 Å². The van der Waals surface area contributed by atoms with E-state index in [2.05, 4.69) is 9.84 Å². The van der Waals surface area contributed by atoms with Crippen molar-refractivity contribution < 1.29 is 23.7 Å². The Morgan fingerprint density at radius 3 is 2.61 bits per heavy atom. The molecule has 0 aliphatic carbocycles. The Labute approximate surface area is 106 Å². The Kier molecular flexibility index (Phi) is 5.60. The van der Waals surface area contributed by atoms with Crippen LogP contribution in [0, 0.1) is 0 Å². The lowest BCUT2D eigenvalue weighted by atomic mass is 10.3. The molecule has 102 valence electrons. The number of carbonyl (C=O) groups is 1. The molecular formula is C11H18N2O5. The molecule has 0 aromatic carbocycles. The molecule has 0 aliphatic rings. The molecule has 0 radical (unpaired) electrons. The minimum absolute atomic E-state index is 0.117. The van der Waals surface area contributed by atoms with Crippen LogP contribution in [0.25, 0.3) is 0 Å². The molecule has 18 heavy (non-hydrogen) atoms. The number of hydrogen-bond acceptors (Lipinski definition) is 6. The number of ether oxygens (including phenoxy) is 4. The summed E-state index contributed by atoms with van der Waals surface area (Å²) < 4.78 is 21.6. The highest BCUT2D eigenvalue weighted by Gasteiger charge is 2.12. The fourth-order valence-electron chi connectivity index (χ4n) is 1.33. The summed E-state index contributed by atoms with van der Waals surface area (Å²) in [6, 6.07) is 1.68. The number of nitrogens with zero attached hydrogens (tertiary/aromatic N) is 2. The minimum atomic E-state index is -0.441. The number of rotatable bonds is 7. The molecule has 0 atom stereocenters. The predicted molar refractivity (Wildman–Crippen MR) is 62.2 cm³/mol. The van der Waals surface area contributed by atoms with Crippen LogP contribution < -0.4 is 4.74 Å². The highest BCUT2D eigenvalue weighted by atomic mass is 16.7. The predicted octanol–water partition coefficient (Wildman–Crippen LogP) is 0.133. The van der Waals surface area contributed by atoms with E-state index in [9.17, 15) is 4.79 Å². The zero-order chi connectivity index (χ0) is 13.5. The molecule has 1 rings (SSSR count). The van der Waals surface area contributed by atoms with Crippen molar-refractivity contribution in [3.8, 4) is 5.88 Å². The second-order valence-electron chi connectivity index (χ2n) is 3.56. The van der Waals surface area contributed by atoms with Crippen molar-refractivity contribution in [3.05, 3.63) is 11.8 Å². The van der Waals surface area contributed by atoms with Gasteiger partial charge in [0.2, 0.25) is 5.88 Å². The SMILES string of the molecule is COC(=O)Cc1cc(OCC(OC)OC)n(C)n1. The number of aromatic nitrogens is 2. The summed E-state index contributed by atoms with van der Waals surface area (Å²) in [6.45, 7) is 0.240. The van der Waals surface area contributed by atoms with E-state index in [0.717, 1.165) is 0 Å². The number of carbonyl (C=O) groups excluding carboxylic acids is 1. The molecular weight excluding hydrogens is 240 g/mol. The number of hydrogen-bond donors (Lipinski definition) is 0. The summed E-state index contributed by atoms with van der Waals surface area (Å²) in [5.41, 5.74) is 0.589. The first-order valence-electron chi connectivity index (χ1n) is 5.38. The molecule has 0 N–H and O–H groups in total. The monoisotopic (exact) mass is 258 g/mol. The molecule has 7 heteroatoms. The first kappa shape index (κ1) is 14.5. The van der Waals surface area contributed by atoms with Crippen molar-refractivity contribution in [1.82, 2.24) is 9.78 Å². The van der Waals surface area contributed by atoms with Gasteiger partial charge in [-0.3, -0.25) is 4.79 Å². The average Bonchev–Trinajstić information content (AvgIpc) is 2.71. The van der Waals surface area contributed by atoms with Crippen LogP contribution in [-0.4, -0.2) is 50.0 Å². The smallest absolute Gasteiger partial charge is 0.311 e. The normalized spacial score (nSPS) is 10.7. The first-order valence-corrected chi connectivity index (χ1v) is 5.38. The van der Waals surface area contributed by atoms with Crippen LogP contribution in [0.2, 0.25) is 0 Å². The zero-order valence-corrected chi connectivity index (χ0v) is 11.0. The number of methoxy groups -OCH3 is 3. The number of aryl methyl sites for hydroxylation is 1. The highest BCUT2D eigenvalue weighted by Crippen LogP contribution is 2.13. The Bertz CT molecular complexity index is 387. The molecule has 0 spiro atoms. The maximum atomic E-state index is 11.1. The second-order valence-corrected chi connectivity index (χ2v) is 3.56. The van der Waals surface area contributed by atoms with Gasteiger partial charge in [-0.15, -0.1) is 0 Å². The van der Waals surface area contributed by atoms with Crippen LogP contribution in [0.3, 0.4) is 0 Å². The van der Waals surface area contributed by atoms with Crippen LogP contribution >= 0.6 is 0 Å². The van der Waals surface area contributed by atoms with Gasteiger partial charge < -0.3 is 18.9 Å². The van der Waals surface area contributed by atoms with Crippen LogP contribution in [0.15, 0.2) is 6.07 Å². The van der Waals surface area contributed by atoms with Gasteiger partial charge in [-0.1, -0.05) is 0 Å². The summed E-state index contributed by atoms with van der Waals surface area (Å²) in [6.07, 6.45) is -0.324. The summed E-state index contributed by atoms with van der Waals surface area (Å²) in [4.78, 5) is 11.1. The van der Waals surface area contributed by atoms with Gasteiger partial charge in [0, 0.05) is 27.3 Å². The van der Waals surface area contributed by atoms with Gasteiger partial charge in [0.15, 0.2) is 6.29 Å². The number of esters is 1. The van der Waals surface area contributed by atoms with E-state index in [-0.39, 0.29) is 19.0 Å². The van der Waals surface area contributed by atoms with E-state index < -0.39 is 6.29 Å². The summed E-state index contributed by atoms with van der Waals surface area (Å²) in [5.74, 6) is 0.194. The third kappa shape index (κ3) is 4.01. The molecule has 1 heterocycles. The topological polar surface area (TPSA) is 71.8 Å². The van der Waals surface area contributed by atoms with Crippen molar-refractivity contribution >= 4 is 5.97 Å². The molecule has 7 nitrogen and oxygen atoms in total. The molecule has 0 bridgehead atoms. The van der Waals surface area contributed by atoms with Gasteiger partial charge in [-0.25, -0.2) is 4.68 Å². The minimum Gasteiger partial charge on any atom is -0.472 e. The molecule has 0 amide bonds. The fraction of sp³-hybridized carbons (Fsp3) is 0.636. The Hall–Kier alpha value is -1.60. The summed E-state index contributed by atoms with van der Waals surface area (Å²) in [7, 11) is 6.13. The van der Waals surface area contributed by atoms with Crippen LogP contribution in [-0.2, 0) is 32.5 Å². The molecule has 0 fully saturated rings. The maximum absolute atomic E-state index is 11.1. The summed E-state index contributed by atoms with van der Waals surface area (Å²) in [5, 5.41) is 4.14. The zero-order valence-electron chi connectivity index (χ0n) is 11.0. The quantitative estimate of drug-likeness (QED) is 0.511. The van der Waals surface area contributed by atoms with Crippen molar-refractivity contribution in [3.63, 3.8) is 0 Å². The van der Waals surface area contributed by atoms with Crippen molar-refractivity contribution in [2.24, 2.45) is 7.05 Å². The lowest BCUT2D eigenvalue weighted by molar-refractivity contribution is -0.139. The standard InChI is InChI=1S/C11H18N2O5/c1-13-9(18-7-11(16-3)17-4)5-8(12-13)6-10(14)15-2/h5,11H,6-7H2,1-4H3. The Balaban J connectivity index is 2.58. The Morgan fingerprint density at radius 1 is 1.39 bits per heavy atom. The molecule has 0 unspecified atom stereocenters. The van der Waals surface area contributed by atoms with E-state index in [1.54, 1.807) is 17.8 Å². The van der Waals surface area contributed by atoms with Gasteiger partial charge in [0.1, 0.15) is 6.61 Å². The lowest BCUT2D eigenvalue weighted by Crippen LogP contribution is -2.22. The van der Waals surface area contributed by atoms with Crippen LogP contribution in [0.5, 0.6) is 5.88 Å². The van der Waals surface area contributed by atoms with Gasteiger partial charge >= 0.3 is 5.97 Å². The van der Waals surface area contributed by atoms with Crippen molar-refractivity contribution in [2.45, 2.75) is 12.7 Å². The summed E-state index contributed by atoms with van der Waals surface area (Å²) >= 11 is 0. The van der Waals surface area contributed by atoms with E-state index in [1.165, 1.54) is 21.3 Å². The van der Waals surface area contributed by atoms with E-state index in [4.69, 9.17) is 14.2 Å². The van der Waals surface area contributed by atoms with Crippen LogP contribution in [0.4, 0.5) is 0 Å². The molecule has 0 saturated heterocycles. The van der Waals surface area contributed by atoms with Gasteiger partial charge in [0.25, 0.3) is 0 Å². The fourth-order valence-corrected chi connectivity index (χ4v) is 1.33. The largest absolute Gasteiger partial charge is 0.472 e. The third-order valence-corrected chi connectivity index (χ3v) is 2.33. The lowest BCUT2D eigenvalue weighted by Gasteiger charge is -2.13. The first-order chi connectivity index (χ1) is 8.60. The molecule has 0 aliphatic heterocycles. The third-order valence-electron chi connectivity index (χ3n) is 2.33. The highest BCUT2D eigenvalue weighted by molar-refractivity contribution is 5.71. The molecule has 1 aromatic heterocycles. The van der Waals surface area contributed by atoms with Gasteiger partial charge in [-0.05, 0) is 0 Å². The van der Waals surface area contributed by atoms with Crippen LogP contribution in [0.1, 0.15) is 5.69 Å². The molecule has 0 saturated carbocycles. The second kappa shape index (κ2) is 6.97. The Morgan fingerprint density at radius 2 is 2.06 bits per heavy atom. The maximum Gasteiger partial charge on any atom is 0.311 e. The van der Waals surface area contributed by atoms with Gasteiger partial charge in [-0.2, -0.15) is 5.10 Å². The molecule has 1 aromatic rings. The van der Waals surface area contributed by atoms with E-state index >= 15 is 0 Å². The average molecular weight is 258 g/mol. The van der Waals surface area contributed by atoms with Crippen molar-refractivity contribution in [1.29, 1.82) is 0 Å².